The number of hydrogen-bond donors (Lipinski definition) is 0. The second-order valence-corrected chi connectivity index (χ2v) is 9.93. The molecule has 0 atom stereocenters. The van der Waals surface area contributed by atoms with E-state index in [0.29, 0.717) is 45.5 Å². The number of aromatic nitrogens is 8. The molecule has 6 rings (SSSR count). The van der Waals surface area contributed by atoms with Crippen LogP contribution >= 0.6 is 0 Å². The Morgan fingerprint density at radius 1 is 1.00 bits per heavy atom. The molecule has 0 amide bonds. The minimum absolute atomic E-state index is 0.0831. The molecule has 5 aromatic heterocycles. The zero-order valence-electron chi connectivity index (χ0n) is 22.4. The fourth-order valence-electron chi connectivity index (χ4n) is 4.47. The molecule has 1 saturated carbocycles. The monoisotopic (exact) mass is 562 g/mol. The van der Waals surface area contributed by atoms with Crippen LogP contribution in [0.25, 0.3) is 33.9 Å². The average molecular weight is 563 g/mol. The van der Waals surface area contributed by atoms with Crippen LogP contribution in [0.3, 0.4) is 0 Å². The summed E-state index contributed by atoms with van der Waals surface area (Å²) in [6, 6.07) is 6.70. The van der Waals surface area contributed by atoms with Gasteiger partial charge in [0.2, 0.25) is 11.8 Å². The molecule has 0 saturated heterocycles. The van der Waals surface area contributed by atoms with Crippen molar-refractivity contribution in [2.45, 2.75) is 51.4 Å². The van der Waals surface area contributed by atoms with Crippen molar-refractivity contribution in [2.75, 3.05) is 7.11 Å². The maximum Gasteiger partial charge on any atom is 0.434 e. The van der Waals surface area contributed by atoms with Crippen LogP contribution in [0.1, 0.15) is 55.6 Å². The summed E-state index contributed by atoms with van der Waals surface area (Å²) < 4.78 is 53.0. The van der Waals surface area contributed by atoms with Gasteiger partial charge in [-0.15, -0.1) is 0 Å². The normalized spacial score (nSPS) is 13.6. The van der Waals surface area contributed by atoms with Gasteiger partial charge in [0.1, 0.15) is 24.2 Å². The Morgan fingerprint density at radius 3 is 2.51 bits per heavy atom. The summed E-state index contributed by atoms with van der Waals surface area (Å²) in [5.41, 5.74) is 2.55. The van der Waals surface area contributed by atoms with Gasteiger partial charge in [0, 0.05) is 36.1 Å². The first-order chi connectivity index (χ1) is 19.7. The third-order valence-electron chi connectivity index (χ3n) is 6.65. The smallest absolute Gasteiger partial charge is 0.434 e. The van der Waals surface area contributed by atoms with E-state index in [1.807, 2.05) is 6.07 Å². The van der Waals surface area contributed by atoms with Crippen molar-refractivity contribution in [3.8, 4) is 34.7 Å². The first-order valence-electron chi connectivity index (χ1n) is 13.0. The summed E-state index contributed by atoms with van der Waals surface area (Å²) in [7, 11) is 1.54. The molecule has 41 heavy (non-hydrogen) atoms. The van der Waals surface area contributed by atoms with Gasteiger partial charge in [0.15, 0.2) is 22.9 Å². The van der Waals surface area contributed by atoms with Crippen molar-refractivity contribution in [2.24, 2.45) is 0 Å². The van der Waals surface area contributed by atoms with Crippen molar-refractivity contribution >= 4 is 11.0 Å². The minimum Gasteiger partial charge on any atom is -0.480 e. The number of hydrogen-bond acceptors (Lipinski definition) is 9. The van der Waals surface area contributed by atoms with E-state index in [0.717, 1.165) is 24.7 Å². The average Bonchev–Trinajstić information content (AvgIpc) is 3.71. The predicted octanol–water partition coefficient (Wildman–Crippen LogP) is 5.81. The van der Waals surface area contributed by atoms with E-state index in [1.54, 1.807) is 44.4 Å². The molecular weight excluding hydrogens is 537 g/mol. The first-order valence-corrected chi connectivity index (χ1v) is 13.0. The summed E-state index contributed by atoms with van der Waals surface area (Å²) in [6.07, 6.45) is 3.13. The topological polar surface area (TPSA) is 114 Å². The molecule has 5 heterocycles. The number of pyridine rings is 2. The second-order valence-electron chi connectivity index (χ2n) is 9.93. The van der Waals surface area contributed by atoms with Crippen LogP contribution in [-0.4, -0.2) is 46.6 Å². The standard InChI is InChI=1S/C28H25F3N8O2/c1-15(2)39-12-20(28(29,30)31)37-25(39)19-9-6-16(11-33-19)13-41-27-23-18(5-4-10-32-23)36-24(38-27)21-22(17-7-8-17)34-14-35-26(21)40-3/h4-6,9-12,14-15,17H,7-8,13H2,1-3H3. The Balaban J connectivity index is 1.31. The molecule has 0 aromatic carbocycles. The van der Waals surface area contributed by atoms with Gasteiger partial charge in [-0.1, -0.05) is 6.07 Å². The van der Waals surface area contributed by atoms with Crippen LogP contribution in [0.15, 0.2) is 49.2 Å². The Labute approximate surface area is 232 Å². The van der Waals surface area contributed by atoms with Gasteiger partial charge in [-0.2, -0.15) is 18.2 Å². The summed E-state index contributed by atoms with van der Waals surface area (Å²) >= 11 is 0. The highest BCUT2D eigenvalue weighted by atomic mass is 19.4. The Hall–Kier alpha value is -4.68. The fraction of sp³-hybridized carbons (Fsp3) is 0.321. The molecule has 13 heteroatoms. The van der Waals surface area contributed by atoms with Crippen LogP contribution in [0.5, 0.6) is 11.8 Å². The predicted molar refractivity (Wildman–Crippen MR) is 142 cm³/mol. The van der Waals surface area contributed by atoms with Gasteiger partial charge < -0.3 is 14.0 Å². The van der Waals surface area contributed by atoms with Crippen LogP contribution < -0.4 is 9.47 Å². The maximum absolute atomic E-state index is 13.3. The van der Waals surface area contributed by atoms with Gasteiger partial charge in [0.05, 0.1) is 18.3 Å². The van der Waals surface area contributed by atoms with E-state index in [9.17, 15) is 13.2 Å². The Bertz CT molecular complexity index is 1720. The zero-order valence-corrected chi connectivity index (χ0v) is 22.4. The van der Waals surface area contributed by atoms with Crippen LogP contribution in [-0.2, 0) is 12.8 Å². The van der Waals surface area contributed by atoms with Gasteiger partial charge in [-0.05, 0) is 44.9 Å². The molecule has 0 unspecified atom stereocenters. The lowest BCUT2D eigenvalue weighted by atomic mass is 10.1. The van der Waals surface area contributed by atoms with E-state index in [2.05, 4.69) is 24.9 Å². The van der Waals surface area contributed by atoms with Crippen molar-refractivity contribution in [3.05, 3.63) is 66.1 Å². The molecule has 0 bridgehead atoms. The maximum atomic E-state index is 13.3. The number of ether oxygens (including phenoxy) is 2. The largest absolute Gasteiger partial charge is 0.480 e. The van der Waals surface area contributed by atoms with Crippen LogP contribution in [0, 0.1) is 0 Å². The molecule has 0 aliphatic heterocycles. The number of imidazole rings is 1. The molecule has 10 nitrogen and oxygen atoms in total. The van der Waals surface area contributed by atoms with Crippen molar-refractivity contribution in [3.63, 3.8) is 0 Å². The van der Waals surface area contributed by atoms with Gasteiger partial charge in [0.25, 0.3) is 0 Å². The lowest BCUT2D eigenvalue weighted by molar-refractivity contribution is -0.140. The molecule has 1 aliphatic rings. The molecule has 0 N–H and O–H groups in total. The van der Waals surface area contributed by atoms with E-state index in [-0.39, 0.29) is 24.4 Å². The minimum atomic E-state index is -4.55. The third-order valence-corrected chi connectivity index (χ3v) is 6.65. The third kappa shape index (κ3) is 5.26. The highest BCUT2D eigenvalue weighted by Crippen LogP contribution is 2.45. The van der Waals surface area contributed by atoms with Crippen molar-refractivity contribution in [1.29, 1.82) is 0 Å². The number of methoxy groups -OCH3 is 1. The molecular formula is C28H25F3N8O2. The molecule has 0 radical (unpaired) electrons. The van der Waals surface area contributed by atoms with Gasteiger partial charge in [-0.25, -0.2) is 24.9 Å². The lowest BCUT2D eigenvalue weighted by Gasteiger charge is -2.13. The molecule has 1 fully saturated rings. The highest BCUT2D eigenvalue weighted by molar-refractivity contribution is 5.82. The van der Waals surface area contributed by atoms with E-state index in [1.165, 1.54) is 18.0 Å². The summed E-state index contributed by atoms with van der Waals surface area (Å²) in [4.78, 5) is 30.8. The van der Waals surface area contributed by atoms with Crippen molar-refractivity contribution in [1.82, 2.24) is 39.5 Å². The summed E-state index contributed by atoms with van der Waals surface area (Å²) in [5.74, 6) is 1.44. The van der Waals surface area contributed by atoms with Crippen LogP contribution in [0.4, 0.5) is 13.2 Å². The summed E-state index contributed by atoms with van der Waals surface area (Å²) in [6.45, 7) is 3.65. The Morgan fingerprint density at radius 2 is 1.83 bits per heavy atom. The van der Waals surface area contributed by atoms with E-state index < -0.39 is 11.9 Å². The number of nitrogens with zero attached hydrogens (tertiary/aromatic N) is 8. The zero-order chi connectivity index (χ0) is 28.7. The highest BCUT2D eigenvalue weighted by Gasteiger charge is 2.35. The first kappa shape index (κ1) is 26.5. The fourth-order valence-corrected chi connectivity index (χ4v) is 4.47. The molecule has 1 aliphatic carbocycles. The number of fused-ring (bicyclic) bond motifs is 1. The van der Waals surface area contributed by atoms with Crippen LogP contribution in [0.2, 0.25) is 0 Å². The van der Waals surface area contributed by atoms with Gasteiger partial charge >= 0.3 is 6.18 Å². The second kappa shape index (κ2) is 10.4. The Kier molecular flexibility index (Phi) is 6.72. The van der Waals surface area contributed by atoms with E-state index in [4.69, 9.17) is 19.4 Å². The quantitative estimate of drug-likeness (QED) is 0.231. The van der Waals surface area contributed by atoms with E-state index >= 15 is 0 Å². The van der Waals surface area contributed by atoms with Gasteiger partial charge in [-0.3, -0.25) is 4.98 Å². The molecule has 0 spiro atoms. The number of halogens is 3. The molecule has 5 aromatic rings. The van der Waals surface area contributed by atoms with Crippen molar-refractivity contribution < 1.29 is 22.6 Å². The SMILES string of the molecule is COc1ncnc(C2CC2)c1-c1nc(OCc2ccc(-c3nc(C(F)(F)F)cn3C(C)C)nc2)c2ncccc2n1. The lowest BCUT2D eigenvalue weighted by Crippen LogP contribution is -2.06. The summed E-state index contributed by atoms with van der Waals surface area (Å²) in [5, 5.41) is 0. The number of rotatable bonds is 8. The number of alkyl halides is 3. The molecule has 210 valence electrons.